The number of aryl methyl sites for hydroxylation is 1. The number of anilines is 1. The molecular formula is C23H18N4O2S3. The number of carbonyl (C=O) groups excluding carboxylic acids is 1. The standard InChI is InChI=1S/C23H18N4O2S3/c24-10-15-14-8-4-5-9-17(14)32-21(15)25-18(28)12-31-23-26-20(29)19-16(11-30-22(19)27-23)13-6-2-1-3-7-13/h1-3,6-7,11H,4-5,8-9,12H2,(H,25,28)(H,26,27,29). The molecule has 0 spiro atoms. The van der Waals surface area contributed by atoms with Crippen LogP contribution in [0.3, 0.4) is 0 Å². The lowest BCUT2D eigenvalue weighted by molar-refractivity contribution is -0.113. The van der Waals surface area contributed by atoms with E-state index in [1.807, 2.05) is 35.7 Å². The van der Waals surface area contributed by atoms with Crippen molar-refractivity contribution in [1.29, 1.82) is 5.26 Å². The number of aromatic nitrogens is 2. The van der Waals surface area contributed by atoms with Crippen LogP contribution in [-0.2, 0) is 17.6 Å². The van der Waals surface area contributed by atoms with Crippen molar-refractivity contribution in [2.24, 2.45) is 0 Å². The zero-order chi connectivity index (χ0) is 22.1. The maximum Gasteiger partial charge on any atom is 0.260 e. The topological polar surface area (TPSA) is 98.6 Å². The molecule has 32 heavy (non-hydrogen) atoms. The molecule has 0 fully saturated rings. The van der Waals surface area contributed by atoms with Crippen LogP contribution in [0.4, 0.5) is 5.00 Å². The van der Waals surface area contributed by atoms with Gasteiger partial charge in [-0.05, 0) is 36.8 Å². The molecule has 3 aromatic heterocycles. The zero-order valence-electron chi connectivity index (χ0n) is 16.9. The number of H-pyrrole nitrogens is 1. The number of thioether (sulfide) groups is 1. The summed E-state index contributed by atoms with van der Waals surface area (Å²) in [7, 11) is 0. The lowest BCUT2D eigenvalue weighted by Crippen LogP contribution is -2.15. The van der Waals surface area contributed by atoms with Crippen molar-refractivity contribution in [1.82, 2.24) is 9.97 Å². The second-order valence-electron chi connectivity index (χ2n) is 7.43. The van der Waals surface area contributed by atoms with Gasteiger partial charge in [0.1, 0.15) is 15.9 Å². The first-order valence-electron chi connectivity index (χ1n) is 10.2. The van der Waals surface area contributed by atoms with Crippen molar-refractivity contribution >= 4 is 55.6 Å². The number of amides is 1. The summed E-state index contributed by atoms with van der Waals surface area (Å²) in [5.41, 5.74) is 3.31. The van der Waals surface area contributed by atoms with Gasteiger partial charge in [0.15, 0.2) is 5.16 Å². The molecule has 0 unspecified atom stereocenters. The maximum atomic E-state index is 12.7. The molecule has 160 valence electrons. The number of rotatable bonds is 5. The van der Waals surface area contributed by atoms with E-state index in [0.717, 1.165) is 42.4 Å². The molecule has 1 aliphatic rings. The minimum Gasteiger partial charge on any atom is -0.316 e. The summed E-state index contributed by atoms with van der Waals surface area (Å²) in [4.78, 5) is 34.5. The highest BCUT2D eigenvalue weighted by molar-refractivity contribution is 7.99. The molecule has 1 aliphatic carbocycles. The fourth-order valence-corrected chi connectivity index (χ4v) is 6.82. The molecule has 4 aromatic rings. The Hall–Kier alpha value is -2.93. The van der Waals surface area contributed by atoms with E-state index < -0.39 is 0 Å². The summed E-state index contributed by atoms with van der Waals surface area (Å²) in [5.74, 6) is -0.122. The van der Waals surface area contributed by atoms with Crippen LogP contribution in [0.2, 0.25) is 0 Å². The molecule has 1 amide bonds. The molecule has 1 aromatic carbocycles. The van der Waals surface area contributed by atoms with Gasteiger partial charge in [-0.25, -0.2) is 4.98 Å². The normalized spacial score (nSPS) is 13.0. The number of thiophene rings is 2. The number of hydrogen-bond acceptors (Lipinski definition) is 7. The van der Waals surface area contributed by atoms with Crippen LogP contribution >= 0.6 is 34.4 Å². The lowest BCUT2D eigenvalue weighted by atomic mass is 9.96. The molecule has 2 N–H and O–H groups in total. The highest BCUT2D eigenvalue weighted by atomic mass is 32.2. The molecule has 0 saturated carbocycles. The average Bonchev–Trinajstić information content (AvgIpc) is 3.39. The first-order valence-corrected chi connectivity index (χ1v) is 12.9. The van der Waals surface area contributed by atoms with Gasteiger partial charge in [-0.2, -0.15) is 5.26 Å². The molecular weight excluding hydrogens is 460 g/mol. The van der Waals surface area contributed by atoms with E-state index >= 15 is 0 Å². The first-order chi connectivity index (χ1) is 15.6. The zero-order valence-corrected chi connectivity index (χ0v) is 19.4. The number of aromatic amines is 1. The smallest absolute Gasteiger partial charge is 0.260 e. The Kier molecular flexibility index (Phi) is 5.83. The molecule has 9 heteroatoms. The van der Waals surface area contributed by atoms with Crippen LogP contribution in [0, 0.1) is 11.3 Å². The van der Waals surface area contributed by atoms with Crippen molar-refractivity contribution in [3.8, 4) is 17.2 Å². The van der Waals surface area contributed by atoms with E-state index in [2.05, 4.69) is 21.4 Å². The Bertz CT molecular complexity index is 1410. The van der Waals surface area contributed by atoms with Gasteiger partial charge in [-0.15, -0.1) is 22.7 Å². The van der Waals surface area contributed by atoms with E-state index in [-0.39, 0.29) is 17.2 Å². The molecule has 0 saturated heterocycles. The van der Waals surface area contributed by atoms with Crippen molar-refractivity contribution in [2.45, 2.75) is 30.8 Å². The molecule has 5 rings (SSSR count). The highest BCUT2D eigenvalue weighted by Gasteiger charge is 2.22. The lowest BCUT2D eigenvalue weighted by Gasteiger charge is -2.09. The Balaban J connectivity index is 1.32. The number of nitrogens with one attached hydrogen (secondary N) is 2. The second kappa shape index (κ2) is 8.90. The van der Waals surface area contributed by atoms with Gasteiger partial charge in [0, 0.05) is 15.8 Å². The Morgan fingerprint density at radius 1 is 1.25 bits per heavy atom. The van der Waals surface area contributed by atoms with E-state index in [1.165, 1.54) is 39.3 Å². The predicted molar refractivity (Wildman–Crippen MR) is 131 cm³/mol. The second-order valence-corrected chi connectivity index (χ2v) is 10.4. The van der Waals surface area contributed by atoms with E-state index in [1.54, 1.807) is 0 Å². The fraction of sp³-hybridized carbons (Fsp3) is 0.217. The predicted octanol–water partition coefficient (Wildman–Crippen LogP) is 5.19. The third-order valence-electron chi connectivity index (χ3n) is 5.38. The molecule has 0 aliphatic heterocycles. The SMILES string of the molecule is N#Cc1c(NC(=O)CSc2nc3scc(-c4ccccc4)c3c(=O)[nH]2)sc2c1CCCC2. The van der Waals surface area contributed by atoms with Crippen LogP contribution in [0.25, 0.3) is 21.3 Å². The third-order valence-corrected chi connectivity index (χ3v) is 8.34. The average molecular weight is 479 g/mol. The summed E-state index contributed by atoms with van der Waals surface area (Å²) < 4.78 is 0. The highest BCUT2D eigenvalue weighted by Crippen LogP contribution is 2.37. The van der Waals surface area contributed by atoms with Gasteiger partial charge in [-0.3, -0.25) is 9.59 Å². The monoisotopic (exact) mass is 478 g/mol. The molecule has 0 bridgehead atoms. The number of benzene rings is 1. The van der Waals surface area contributed by atoms with Crippen LogP contribution in [0.15, 0.2) is 45.7 Å². The van der Waals surface area contributed by atoms with Gasteiger partial charge in [0.25, 0.3) is 5.56 Å². The van der Waals surface area contributed by atoms with E-state index in [4.69, 9.17) is 0 Å². The van der Waals surface area contributed by atoms with Crippen LogP contribution in [0.5, 0.6) is 0 Å². The van der Waals surface area contributed by atoms with Crippen LogP contribution in [-0.4, -0.2) is 21.6 Å². The minimum absolute atomic E-state index is 0.0960. The van der Waals surface area contributed by atoms with Gasteiger partial charge >= 0.3 is 0 Å². The molecule has 3 heterocycles. The quantitative estimate of drug-likeness (QED) is 0.304. The van der Waals surface area contributed by atoms with Crippen LogP contribution in [0.1, 0.15) is 28.8 Å². The van der Waals surface area contributed by atoms with Crippen molar-refractivity contribution in [3.05, 3.63) is 62.1 Å². The number of carbonyl (C=O) groups is 1. The first kappa shape index (κ1) is 20.9. The Morgan fingerprint density at radius 3 is 2.88 bits per heavy atom. The van der Waals surface area contributed by atoms with Crippen LogP contribution < -0.4 is 10.9 Å². The van der Waals surface area contributed by atoms with E-state index in [9.17, 15) is 14.9 Å². The van der Waals surface area contributed by atoms with Gasteiger partial charge in [-0.1, -0.05) is 42.1 Å². The number of fused-ring (bicyclic) bond motifs is 2. The van der Waals surface area contributed by atoms with Gasteiger partial charge in [0.2, 0.25) is 5.91 Å². The third kappa shape index (κ3) is 3.97. The molecule has 6 nitrogen and oxygen atoms in total. The van der Waals surface area contributed by atoms with Gasteiger partial charge < -0.3 is 10.3 Å². The summed E-state index contributed by atoms with van der Waals surface area (Å²) in [6, 6.07) is 12.0. The largest absolute Gasteiger partial charge is 0.316 e. The van der Waals surface area contributed by atoms with Crippen molar-refractivity contribution in [2.75, 3.05) is 11.1 Å². The Morgan fingerprint density at radius 2 is 2.06 bits per heavy atom. The fourth-order valence-electron chi connectivity index (χ4n) is 3.90. The molecule has 0 radical (unpaired) electrons. The van der Waals surface area contributed by atoms with Crippen molar-refractivity contribution < 1.29 is 4.79 Å². The number of nitrogens with zero attached hydrogens (tertiary/aromatic N) is 2. The van der Waals surface area contributed by atoms with Crippen molar-refractivity contribution in [3.63, 3.8) is 0 Å². The van der Waals surface area contributed by atoms with E-state index in [0.29, 0.717) is 25.9 Å². The van der Waals surface area contributed by atoms with Gasteiger partial charge in [0.05, 0.1) is 16.7 Å². The number of nitriles is 1. The summed E-state index contributed by atoms with van der Waals surface area (Å²) in [6.45, 7) is 0. The Labute approximate surface area is 196 Å². The maximum absolute atomic E-state index is 12.7. The molecule has 0 atom stereocenters. The summed E-state index contributed by atoms with van der Waals surface area (Å²) in [5, 5.41) is 16.0. The minimum atomic E-state index is -0.219. The summed E-state index contributed by atoms with van der Waals surface area (Å²) in [6.07, 6.45) is 4.07. The number of hydrogen-bond donors (Lipinski definition) is 2. The summed E-state index contributed by atoms with van der Waals surface area (Å²) >= 11 is 4.10.